The molecule has 0 unspecified atom stereocenters. The topological polar surface area (TPSA) is 35.5 Å². The first-order valence-electron chi connectivity index (χ1n) is 9.82. The van der Waals surface area contributed by atoms with Gasteiger partial charge in [0.05, 0.1) is 0 Å². The molecule has 1 aromatic rings. The van der Waals surface area contributed by atoms with Crippen LogP contribution < -0.4 is 4.89 Å². The van der Waals surface area contributed by atoms with Crippen molar-refractivity contribution in [1.82, 2.24) is 0 Å². The smallest absolute Gasteiger partial charge is 0.286 e. The molecule has 140 valence electrons. The number of aryl methyl sites for hydroxylation is 1. The summed E-state index contributed by atoms with van der Waals surface area (Å²) in [6.45, 7) is 6.07. The van der Waals surface area contributed by atoms with E-state index in [0.29, 0.717) is 11.3 Å². The van der Waals surface area contributed by atoms with Gasteiger partial charge in [-0.25, -0.2) is 9.68 Å². The standard InChI is InChI=1S/C22H34O3/c1-4-6-8-9-10-11-12-16-20-17-13-14-18-21(20)24-25-22(23)19(3)15-7-5-2/h13-15,17-18H,4-12,16H2,1-3H3. The van der Waals surface area contributed by atoms with Crippen LogP contribution in [0.15, 0.2) is 35.9 Å². The minimum atomic E-state index is -0.417. The maximum Gasteiger partial charge on any atom is 0.381 e. The molecule has 0 bridgehead atoms. The highest BCUT2D eigenvalue weighted by molar-refractivity contribution is 5.87. The molecule has 1 aromatic carbocycles. The van der Waals surface area contributed by atoms with E-state index in [1.807, 2.05) is 30.3 Å². The molecule has 0 radical (unpaired) electrons. The van der Waals surface area contributed by atoms with Gasteiger partial charge in [-0.3, -0.25) is 4.89 Å². The summed E-state index contributed by atoms with van der Waals surface area (Å²) < 4.78 is 0. The monoisotopic (exact) mass is 346 g/mol. The van der Waals surface area contributed by atoms with E-state index in [1.54, 1.807) is 6.92 Å². The minimum Gasteiger partial charge on any atom is -0.286 e. The molecule has 0 N–H and O–H groups in total. The Bertz CT molecular complexity index is 520. The van der Waals surface area contributed by atoms with E-state index < -0.39 is 5.97 Å². The minimum absolute atomic E-state index is 0.417. The maximum atomic E-state index is 11.9. The fraction of sp³-hybridized carbons (Fsp3) is 0.591. The summed E-state index contributed by atoms with van der Waals surface area (Å²) in [5, 5.41) is 0. The molecule has 0 saturated carbocycles. The Morgan fingerprint density at radius 1 is 0.960 bits per heavy atom. The number of allylic oxidation sites excluding steroid dienone is 1. The molecular weight excluding hydrogens is 312 g/mol. The van der Waals surface area contributed by atoms with E-state index in [9.17, 15) is 4.79 Å². The van der Waals surface area contributed by atoms with Crippen molar-refractivity contribution in [2.75, 3.05) is 0 Å². The summed E-state index contributed by atoms with van der Waals surface area (Å²) in [5.74, 6) is 0.226. The lowest BCUT2D eigenvalue weighted by molar-refractivity contribution is -0.208. The molecule has 0 heterocycles. The van der Waals surface area contributed by atoms with Crippen LogP contribution >= 0.6 is 0 Å². The summed E-state index contributed by atoms with van der Waals surface area (Å²) >= 11 is 0. The van der Waals surface area contributed by atoms with Crippen LogP contribution in [0.4, 0.5) is 0 Å². The number of hydrogen-bond donors (Lipinski definition) is 0. The van der Waals surface area contributed by atoms with Gasteiger partial charge in [0, 0.05) is 5.57 Å². The number of benzene rings is 1. The van der Waals surface area contributed by atoms with E-state index in [4.69, 9.17) is 9.78 Å². The Balaban J connectivity index is 2.39. The highest BCUT2D eigenvalue weighted by Gasteiger charge is 2.10. The zero-order valence-electron chi connectivity index (χ0n) is 16.2. The molecule has 0 saturated heterocycles. The Hall–Kier alpha value is -1.77. The zero-order chi connectivity index (χ0) is 18.3. The average molecular weight is 347 g/mol. The number of carbonyl (C=O) groups excluding carboxylic acids is 1. The number of hydrogen-bond acceptors (Lipinski definition) is 3. The lowest BCUT2D eigenvalue weighted by atomic mass is 10.0. The van der Waals surface area contributed by atoms with Crippen LogP contribution in [-0.4, -0.2) is 5.97 Å². The second kappa shape index (κ2) is 13.5. The lowest BCUT2D eigenvalue weighted by Gasteiger charge is -2.09. The van der Waals surface area contributed by atoms with Gasteiger partial charge in [0.2, 0.25) is 0 Å². The molecular formula is C22H34O3. The van der Waals surface area contributed by atoms with E-state index in [-0.39, 0.29) is 0 Å². The van der Waals surface area contributed by atoms with Crippen LogP contribution in [0.5, 0.6) is 5.75 Å². The molecule has 0 aliphatic heterocycles. The van der Waals surface area contributed by atoms with Gasteiger partial charge in [-0.05, 0) is 37.8 Å². The van der Waals surface area contributed by atoms with Gasteiger partial charge in [-0.1, -0.05) is 83.1 Å². The van der Waals surface area contributed by atoms with Crippen molar-refractivity contribution in [3.63, 3.8) is 0 Å². The highest BCUT2D eigenvalue weighted by atomic mass is 17.2. The number of unbranched alkanes of at least 4 members (excludes halogenated alkanes) is 7. The normalized spacial score (nSPS) is 11.4. The van der Waals surface area contributed by atoms with Crippen LogP contribution in [0.1, 0.15) is 84.1 Å². The van der Waals surface area contributed by atoms with Crippen molar-refractivity contribution in [1.29, 1.82) is 0 Å². The van der Waals surface area contributed by atoms with Crippen molar-refractivity contribution < 1.29 is 14.6 Å². The average Bonchev–Trinajstić information content (AvgIpc) is 2.64. The molecule has 0 amide bonds. The Morgan fingerprint density at radius 2 is 1.64 bits per heavy atom. The number of para-hydroxylation sites is 1. The molecule has 3 nitrogen and oxygen atoms in total. The van der Waals surface area contributed by atoms with Gasteiger partial charge in [0.15, 0.2) is 5.75 Å². The molecule has 0 aliphatic rings. The van der Waals surface area contributed by atoms with Crippen LogP contribution in [0.3, 0.4) is 0 Å². The summed E-state index contributed by atoms with van der Waals surface area (Å²) in [6, 6.07) is 7.80. The van der Waals surface area contributed by atoms with Crippen LogP contribution in [0.2, 0.25) is 0 Å². The third kappa shape index (κ3) is 9.33. The maximum absolute atomic E-state index is 11.9. The Kier molecular flexibility index (Phi) is 11.5. The molecule has 0 aromatic heterocycles. The largest absolute Gasteiger partial charge is 0.381 e. The van der Waals surface area contributed by atoms with Crippen LogP contribution in [0, 0.1) is 0 Å². The molecule has 0 fully saturated rings. The van der Waals surface area contributed by atoms with Gasteiger partial charge in [-0.15, -0.1) is 0 Å². The molecule has 0 atom stereocenters. The second-order valence-electron chi connectivity index (χ2n) is 6.61. The first-order valence-corrected chi connectivity index (χ1v) is 9.82. The van der Waals surface area contributed by atoms with Crippen LogP contribution in [0.25, 0.3) is 0 Å². The number of rotatable bonds is 13. The quantitative estimate of drug-likeness (QED) is 0.175. The summed E-state index contributed by atoms with van der Waals surface area (Å²) in [7, 11) is 0. The van der Waals surface area contributed by atoms with Gasteiger partial charge >= 0.3 is 5.97 Å². The Labute approximate surface area is 153 Å². The Morgan fingerprint density at radius 3 is 2.36 bits per heavy atom. The van der Waals surface area contributed by atoms with Gasteiger partial charge < -0.3 is 0 Å². The molecule has 0 spiro atoms. The lowest BCUT2D eigenvalue weighted by Crippen LogP contribution is -2.10. The predicted molar refractivity (Wildman–Crippen MR) is 104 cm³/mol. The van der Waals surface area contributed by atoms with E-state index >= 15 is 0 Å². The first-order chi connectivity index (χ1) is 12.2. The van der Waals surface area contributed by atoms with Crippen molar-refractivity contribution in [2.45, 2.75) is 85.0 Å². The summed E-state index contributed by atoms with van der Waals surface area (Å²) in [5.41, 5.74) is 1.69. The molecule has 1 rings (SSSR count). The van der Waals surface area contributed by atoms with Crippen molar-refractivity contribution in [3.8, 4) is 5.75 Å². The van der Waals surface area contributed by atoms with Crippen molar-refractivity contribution in [3.05, 3.63) is 41.5 Å². The first kappa shape index (κ1) is 21.3. The SMILES string of the molecule is CCCC=C(C)C(=O)OOc1ccccc1CCCCCCCCC. The van der Waals surface area contributed by atoms with Gasteiger partial charge in [0.25, 0.3) is 0 Å². The molecule has 25 heavy (non-hydrogen) atoms. The van der Waals surface area contributed by atoms with Crippen molar-refractivity contribution in [2.24, 2.45) is 0 Å². The van der Waals surface area contributed by atoms with Gasteiger partial charge in [-0.2, -0.15) is 0 Å². The number of carbonyl (C=O) groups is 1. The van der Waals surface area contributed by atoms with E-state index in [0.717, 1.165) is 31.2 Å². The molecule has 3 heteroatoms. The van der Waals surface area contributed by atoms with Gasteiger partial charge in [0.1, 0.15) is 0 Å². The third-order valence-electron chi connectivity index (χ3n) is 4.29. The zero-order valence-corrected chi connectivity index (χ0v) is 16.2. The third-order valence-corrected chi connectivity index (χ3v) is 4.29. The van der Waals surface area contributed by atoms with Crippen LogP contribution in [-0.2, 0) is 16.1 Å². The van der Waals surface area contributed by atoms with E-state index in [1.165, 1.54) is 38.5 Å². The summed E-state index contributed by atoms with van der Waals surface area (Å²) in [4.78, 5) is 22.2. The highest BCUT2D eigenvalue weighted by Crippen LogP contribution is 2.21. The fourth-order valence-electron chi connectivity index (χ4n) is 2.66. The molecule has 0 aliphatic carbocycles. The predicted octanol–water partition coefficient (Wildman–Crippen LogP) is 6.56. The second-order valence-corrected chi connectivity index (χ2v) is 6.61. The fourth-order valence-corrected chi connectivity index (χ4v) is 2.66. The van der Waals surface area contributed by atoms with Crippen molar-refractivity contribution >= 4 is 5.97 Å². The summed E-state index contributed by atoms with van der Waals surface area (Å²) in [6.07, 6.45) is 13.7. The van der Waals surface area contributed by atoms with E-state index in [2.05, 4.69) is 13.8 Å².